The maximum atomic E-state index is 12.9. The van der Waals surface area contributed by atoms with Gasteiger partial charge in [0.1, 0.15) is 15.6 Å². The molecule has 0 unspecified atom stereocenters. The summed E-state index contributed by atoms with van der Waals surface area (Å²) in [6, 6.07) is 8.88. The van der Waals surface area contributed by atoms with Crippen molar-refractivity contribution in [3.05, 3.63) is 53.2 Å². The number of aromatic nitrogens is 2. The van der Waals surface area contributed by atoms with Crippen molar-refractivity contribution in [2.24, 2.45) is 7.05 Å². The van der Waals surface area contributed by atoms with Gasteiger partial charge in [-0.05, 0) is 55.3 Å². The SMILES string of the molecule is Cc1ccc(NS(=O)(=O)c2ccc(-c3cc(C(F)(F)F)n(C)n3)s2)cc1C. The Morgan fingerprint density at radius 3 is 2.37 bits per heavy atom. The number of nitrogens with one attached hydrogen (secondary N) is 1. The van der Waals surface area contributed by atoms with Gasteiger partial charge < -0.3 is 0 Å². The van der Waals surface area contributed by atoms with Gasteiger partial charge in [-0.1, -0.05) is 6.07 Å². The van der Waals surface area contributed by atoms with E-state index in [1.807, 2.05) is 13.8 Å². The topological polar surface area (TPSA) is 64.0 Å². The maximum absolute atomic E-state index is 12.9. The summed E-state index contributed by atoms with van der Waals surface area (Å²) in [6.45, 7) is 3.79. The van der Waals surface area contributed by atoms with Crippen molar-refractivity contribution >= 4 is 27.0 Å². The molecule has 0 aliphatic heterocycles. The second-order valence-electron chi connectivity index (χ2n) is 6.06. The van der Waals surface area contributed by atoms with E-state index >= 15 is 0 Å². The minimum absolute atomic E-state index is 0.00469. The number of sulfonamides is 1. The molecule has 3 aromatic rings. The Labute approximate surface area is 158 Å². The van der Waals surface area contributed by atoms with Crippen LogP contribution in [0, 0.1) is 13.8 Å². The lowest BCUT2D eigenvalue weighted by molar-refractivity contribution is -0.143. The highest BCUT2D eigenvalue weighted by Gasteiger charge is 2.35. The molecule has 0 atom stereocenters. The molecule has 0 fully saturated rings. The molecule has 5 nitrogen and oxygen atoms in total. The summed E-state index contributed by atoms with van der Waals surface area (Å²) in [6.07, 6.45) is -4.53. The summed E-state index contributed by atoms with van der Waals surface area (Å²) in [5, 5.41) is 3.84. The third-order valence-electron chi connectivity index (χ3n) is 4.03. The van der Waals surface area contributed by atoms with E-state index in [0.717, 1.165) is 33.2 Å². The third kappa shape index (κ3) is 4.01. The van der Waals surface area contributed by atoms with Crippen LogP contribution in [0.25, 0.3) is 10.6 Å². The zero-order chi connectivity index (χ0) is 20.0. The molecular weight excluding hydrogens is 399 g/mol. The molecule has 10 heteroatoms. The summed E-state index contributed by atoms with van der Waals surface area (Å²) in [5.74, 6) is 0. The van der Waals surface area contributed by atoms with Gasteiger partial charge in [-0.15, -0.1) is 11.3 Å². The first-order valence-corrected chi connectivity index (χ1v) is 10.1. The van der Waals surface area contributed by atoms with Crippen molar-refractivity contribution in [2.75, 3.05) is 4.72 Å². The highest BCUT2D eigenvalue weighted by Crippen LogP contribution is 2.35. The quantitative estimate of drug-likeness (QED) is 0.678. The van der Waals surface area contributed by atoms with Crippen LogP contribution in [0.4, 0.5) is 18.9 Å². The predicted octanol–water partition coefficient (Wildman–Crippen LogP) is 4.59. The molecular formula is C17H16F3N3O2S2. The number of rotatable bonds is 4. The molecule has 0 radical (unpaired) electrons. The Morgan fingerprint density at radius 1 is 1.07 bits per heavy atom. The average Bonchev–Trinajstić information content (AvgIpc) is 3.17. The molecule has 0 spiro atoms. The standard InChI is InChI=1S/C17H16F3N3O2S2/c1-10-4-5-12(8-11(10)2)22-27(24,25)16-7-6-14(26-16)13-9-15(17(18,19)20)23(3)21-13/h4-9,22H,1-3H3. The van der Waals surface area contributed by atoms with Gasteiger partial charge in [0.15, 0.2) is 0 Å². The second kappa shape index (κ2) is 6.68. The predicted molar refractivity (Wildman–Crippen MR) is 98.2 cm³/mol. The van der Waals surface area contributed by atoms with E-state index < -0.39 is 21.9 Å². The van der Waals surface area contributed by atoms with Crippen LogP contribution in [0.2, 0.25) is 0 Å². The summed E-state index contributed by atoms with van der Waals surface area (Å²) in [4.78, 5) is 0.335. The van der Waals surface area contributed by atoms with Gasteiger partial charge in [0, 0.05) is 12.7 Å². The van der Waals surface area contributed by atoms with Gasteiger partial charge in [0.25, 0.3) is 10.0 Å². The summed E-state index contributed by atoms with van der Waals surface area (Å²) >= 11 is 0.859. The Hall–Kier alpha value is -2.33. The lowest BCUT2D eigenvalue weighted by atomic mass is 10.1. The molecule has 144 valence electrons. The third-order valence-corrected chi connectivity index (χ3v) is 7.01. The number of anilines is 1. The molecule has 1 aromatic carbocycles. The average molecular weight is 415 g/mol. The molecule has 0 amide bonds. The Bertz CT molecular complexity index is 1100. The highest BCUT2D eigenvalue weighted by molar-refractivity contribution is 7.94. The summed E-state index contributed by atoms with van der Waals surface area (Å²) in [7, 11) is -2.66. The fraction of sp³-hybridized carbons (Fsp3) is 0.235. The van der Waals surface area contributed by atoms with Crippen LogP contribution < -0.4 is 4.72 Å². The van der Waals surface area contributed by atoms with Gasteiger partial charge in [-0.2, -0.15) is 18.3 Å². The van der Waals surface area contributed by atoms with E-state index in [1.165, 1.54) is 19.2 Å². The van der Waals surface area contributed by atoms with E-state index in [4.69, 9.17) is 0 Å². The molecule has 2 heterocycles. The van der Waals surface area contributed by atoms with Crippen LogP contribution in [0.3, 0.4) is 0 Å². The molecule has 0 saturated heterocycles. The monoisotopic (exact) mass is 415 g/mol. The van der Waals surface area contributed by atoms with E-state index in [0.29, 0.717) is 10.6 Å². The van der Waals surface area contributed by atoms with Crippen LogP contribution in [-0.4, -0.2) is 18.2 Å². The normalized spacial score (nSPS) is 12.4. The minimum atomic E-state index is -4.53. The number of alkyl halides is 3. The lowest BCUT2D eigenvalue weighted by Gasteiger charge is -2.08. The van der Waals surface area contributed by atoms with E-state index in [9.17, 15) is 21.6 Å². The molecule has 0 bridgehead atoms. The maximum Gasteiger partial charge on any atom is 0.433 e. The Balaban J connectivity index is 1.89. The Morgan fingerprint density at radius 2 is 1.78 bits per heavy atom. The van der Waals surface area contributed by atoms with E-state index in [1.54, 1.807) is 18.2 Å². The Kier molecular flexibility index (Phi) is 4.81. The lowest BCUT2D eigenvalue weighted by Crippen LogP contribution is -2.11. The first kappa shape index (κ1) is 19.4. The van der Waals surface area contributed by atoms with Crippen molar-refractivity contribution < 1.29 is 21.6 Å². The minimum Gasteiger partial charge on any atom is -0.279 e. The zero-order valence-electron chi connectivity index (χ0n) is 14.6. The van der Waals surface area contributed by atoms with Crippen molar-refractivity contribution in [1.82, 2.24) is 9.78 Å². The van der Waals surface area contributed by atoms with Gasteiger partial charge >= 0.3 is 6.18 Å². The van der Waals surface area contributed by atoms with Crippen LogP contribution in [0.5, 0.6) is 0 Å². The molecule has 0 saturated carbocycles. The number of hydrogen-bond donors (Lipinski definition) is 1. The molecule has 3 rings (SSSR count). The smallest absolute Gasteiger partial charge is 0.279 e. The van der Waals surface area contributed by atoms with Gasteiger partial charge in [-0.3, -0.25) is 9.40 Å². The van der Waals surface area contributed by atoms with Crippen molar-refractivity contribution in [3.8, 4) is 10.6 Å². The summed E-state index contributed by atoms with van der Waals surface area (Å²) < 4.78 is 67.1. The van der Waals surface area contributed by atoms with Crippen LogP contribution in [0.15, 0.2) is 40.6 Å². The summed E-state index contributed by atoms with van der Waals surface area (Å²) in [5.41, 5.74) is 1.57. The number of nitrogens with zero attached hydrogens (tertiary/aromatic N) is 2. The van der Waals surface area contributed by atoms with Crippen molar-refractivity contribution in [1.29, 1.82) is 0 Å². The second-order valence-corrected chi connectivity index (χ2v) is 9.05. The molecule has 1 N–H and O–H groups in total. The first-order chi connectivity index (χ1) is 12.5. The fourth-order valence-electron chi connectivity index (χ4n) is 2.47. The van der Waals surface area contributed by atoms with Gasteiger partial charge in [0.2, 0.25) is 0 Å². The van der Waals surface area contributed by atoms with Gasteiger partial charge in [-0.25, -0.2) is 8.42 Å². The molecule has 0 aliphatic rings. The van der Waals surface area contributed by atoms with Gasteiger partial charge in [0.05, 0.1) is 4.88 Å². The molecule has 27 heavy (non-hydrogen) atoms. The largest absolute Gasteiger partial charge is 0.433 e. The number of halogens is 3. The number of hydrogen-bond acceptors (Lipinski definition) is 4. The highest BCUT2D eigenvalue weighted by atomic mass is 32.2. The van der Waals surface area contributed by atoms with E-state index in [2.05, 4.69) is 9.82 Å². The van der Waals surface area contributed by atoms with Crippen LogP contribution in [0.1, 0.15) is 16.8 Å². The van der Waals surface area contributed by atoms with E-state index in [-0.39, 0.29) is 9.90 Å². The molecule has 2 aromatic heterocycles. The van der Waals surface area contributed by atoms with Crippen molar-refractivity contribution in [3.63, 3.8) is 0 Å². The molecule has 0 aliphatic carbocycles. The first-order valence-electron chi connectivity index (χ1n) is 7.79. The fourth-order valence-corrected chi connectivity index (χ4v) is 4.78. The number of aryl methyl sites for hydroxylation is 3. The van der Waals surface area contributed by atoms with Crippen LogP contribution in [-0.2, 0) is 23.2 Å². The number of thiophene rings is 1. The van der Waals surface area contributed by atoms with Crippen LogP contribution >= 0.6 is 11.3 Å². The number of benzene rings is 1. The zero-order valence-corrected chi connectivity index (χ0v) is 16.3. The van der Waals surface area contributed by atoms with Crippen molar-refractivity contribution in [2.45, 2.75) is 24.2 Å².